The molecule has 1 aromatic rings. The van der Waals surface area contributed by atoms with Crippen LogP contribution >= 0.6 is 0 Å². The zero-order chi connectivity index (χ0) is 25.5. The van der Waals surface area contributed by atoms with Crippen molar-refractivity contribution in [3.8, 4) is 0 Å². The van der Waals surface area contributed by atoms with Crippen LogP contribution in [0.15, 0.2) is 36.4 Å². The average molecular weight is 493 g/mol. The van der Waals surface area contributed by atoms with Gasteiger partial charge in [0, 0.05) is 6.08 Å². The summed E-state index contributed by atoms with van der Waals surface area (Å²) in [5.74, 6) is -5.68. The summed E-state index contributed by atoms with van der Waals surface area (Å²) >= 11 is 0. The molecule has 0 N–H and O–H groups in total. The van der Waals surface area contributed by atoms with E-state index in [2.05, 4.69) is 0 Å². The van der Waals surface area contributed by atoms with Crippen LogP contribution in [0.3, 0.4) is 0 Å². The van der Waals surface area contributed by atoms with E-state index in [4.69, 9.17) is 14.2 Å². The monoisotopic (exact) mass is 492 g/mol. The lowest BCUT2D eigenvalue weighted by atomic mass is 9.43. The van der Waals surface area contributed by atoms with Crippen molar-refractivity contribution in [2.75, 3.05) is 6.61 Å². The molecule has 0 amide bonds. The number of benzene rings is 1. The average Bonchev–Trinajstić information content (AvgIpc) is 3.27. The van der Waals surface area contributed by atoms with Crippen LogP contribution in [0.5, 0.6) is 0 Å². The highest BCUT2D eigenvalue weighted by molar-refractivity contribution is 6.46. The van der Waals surface area contributed by atoms with E-state index in [-0.39, 0.29) is 12.6 Å². The summed E-state index contributed by atoms with van der Waals surface area (Å²) in [6.07, 6.45) is 2.80. The Labute approximate surface area is 208 Å². The molecule has 1 aromatic carbocycles. The van der Waals surface area contributed by atoms with Crippen molar-refractivity contribution in [3.63, 3.8) is 0 Å². The Balaban J connectivity index is 1.42. The van der Waals surface area contributed by atoms with Crippen LogP contribution in [0.4, 0.5) is 0 Å². The molecule has 7 atom stereocenters. The maximum Gasteiger partial charge on any atom is 0.331 e. The van der Waals surface area contributed by atoms with Crippen LogP contribution in [-0.4, -0.2) is 48.3 Å². The number of carbonyl (C=O) groups is 5. The number of ketones is 2. The molecule has 2 bridgehead atoms. The molecule has 3 aliphatic carbocycles. The second-order valence-corrected chi connectivity index (χ2v) is 11.5. The molecular formula is C28H28O8. The van der Waals surface area contributed by atoms with Gasteiger partial charge in [0.05, 0.1) is 17.3 Å². The van der Waals surface area contributed by atoms with Gasteiger partial charge >= 0.3 is 17.9 Å². The molecule has 2 aliphatic heterocycles. The normalized spacial score (nSPS) is 40.2. The van der Waals surface area contributed by atoms with Gasteiger partial charge < -0.3 is 14.2 Å². The van der Waals surface area contributed by atoms with Gasteiger partial charge in [-0.25, -0.2) is 4.79 Å². The number of cyclic esters (lactones) is 1. The van der Waals surface area contributed by atoms with E-state index in [1.807, 2.05) is 44.2 Å². The standard InChI is InChI=1S/C28H28O8/c1-26(2)13-12-18-27(14-34-24(32)21(26)27)17-10-9-16-20(30)22(31)28(17,25(33)35-18)23(16)36-19(29)11-8-15-6-4-3-5-7-15/h3-8,11,16-18,21,23H,9-10,12-14H2,1-2H3/b11-8+/t16-,17-,18-,21+,23+,27+,28-/m0/s1. The summed E-state index contributed by atoms with van der Waals surface area (Å²) in [7, 11) is 0. The maximum absolute atomic E-state index is 13.7. The fraction of sp³-hybridized carbons (Fsp3) is 0.536. The van der Waals surface area contributed by atoms with E-state index < -0.39 is 69.7 Å². The van der Waals surface area contributed by atoms with Crippen LogP contribution < -0.4 is 0 Å². The predicted molar refractivity (Wildman–Crippen MR) is 124 cm³/mol. The number of rotatable bonds is 3. The Hall–Kier alpha value is -3.29. The number of hydrogen-bond donors (Lipinski definition) is 0. The molecule has 8 nitrogen and oxygen atoms in total. The molecule has 2 spiro atoms. The van der Waals surface area contributed by atoms with Gasteiger partial charge in [0.15, 0.2) is 5.41 Å². The summed E-state index contributed by atoms with van der Waals surface area (Å²) < 4.78 is 17.3. The first-order valence-electron chi connectivity index (χ1n) is 12.5. The minimum Gasteiger partial charge on any atom is -0.465 e. The minimum atomic E-state index is -1.95. The summed E-state index contributed by atoms with van der Waals surface area (Å²) in [5, 5.41) is 0. The van der Waals surface area contributed by atoms with E-state index in [1.54, 1.807) is 6.08 Å². The van der Waals surface area contributed by atoms with E-state index >= 15 is 0 Å². The van der Waals surface area contributed by atoms with Gasteiger partial charge in [0.1, 0.15) is 18.8 Å². The molecule has 188 valence electrons. The van der Waals surface area contributed by atoms with Crippen LogP contribution in [-0.2, 0) is 38.2 Å². The molecule has 6 rings (SSSR count). The summed E-state index contributed by atoms with van der Waals surface area (Å²) in [6.45, 7) is 4.00. The molecule has 2 heterocycles. The highest BCUT2D eigenvalue weighted by Gasteiger charge is 2.82. The lowest BCUT2D eigenvalue weighted by Gasteiger charge is -2.61. The number of esters is 3. The van der Waals surface area contributed by atoms with Crippen LogP contribution in [0, 0.1) is 34.0 Å². The van der Waals surface area contributed by atoms with Crippen molar-refractivity contribution in [3.05, 3.63) is 42.0 Å². The first kappa shape index (κ1) is 23.1. The lowest BCUT2D eigenvalue weighted by Crippen LogP contribution is -2.71. The van der Waals surface area contributed by atoms with Crippen molar-refractivity contribution in [1.82, 2.24) is 0 Å². The number of ether oxygens (including phenoxy) is 3. The Bertz CT molecular complexity index is 1220. The van der Waals surface area contributed by atoms with Gasteiger partial charge in [-0.3, -0.25) is 19.2 Å². The number of carbonyl (C=O) groups excluding carboxylic acids is 5. The summed E-state index contributed by atoms with van der Waals surface area (Å²) in [4.78, 5) is 66.4. The van der Waals surface area contributed by atoms with Crippen LogP contribution in [0.1, 0.15) is 45.1 Å². The Morgan fingerprint density at radius 1 is 1.06 bits per heavy atom. The topological polar surface area (TPSA) is 113 Å². The zero-order valence-corrected chi connectivity index (χ0v) is 20.2. The Morgan fingerprint density at radius 2 is 1.81 bits per heavy atom. The molecule has 5 fully saturated rings. The fourth-order valence-corrected chi connectivity index (χ4v) is 8.03. The van der Waals surface area contributed by atoms with Crippen molar-refractivity contribution in [1.29, 1.82) is 0 Å². The smallest absolute Gasteiger partial charge is 0.331 e. The molecular weight excluding hydrogens is 464 g/mol. The van der Waals surface area contributed by atoms with Gasteiger partial charge in [0.25, 0.3) is 0 Å². The molecule has 5 aliphatic rings. The van der Waals surface area contributed by atoms with E-state index in [0.29, 0.717) is 25.7 Å². The first-order valence-corrected chi connectivity index (χ1v) is 12.5. The van der Waals surface area contributed by atoms with Crippen molar-refractivity contribution in [2.24, 2.45) is 34.0 Å². The van der Waals surface area contributed by atoms with Crippen molar-refractivity contribution >= 4 is 35.6 Å². The third-order valence-corrected chi connectivity index (χ3v) is 9.43. The second kappa shape index (κ2) is 7.60. The van der Waals surface area contributed by atoms with Crippen molar-refractivity contribution < 1.29 is 38.2 Å². The number of Topliss-reactive ketones (excluding diaryl/α,β-unsaturated/α-hetero) is 2. The Kier molecular flexibility index (Phi) is 4.89. The van der Waals surface area contributed by atoms with Gasteiger partial charge in [-0.2, -0.15) is 0 Å². The van der Waals surface area contributed by atoms with Gasteiger partial charge in [0.2, 0.25) is 11.6 Å². The van der Waals surface area contributed by atoms with E-state index in [0.717, 1.165) is 5.56 Å². The highest BCUT2D eigenvalue weighted by atomic mass is 16.6. The molecule has 0 radical (unpaired) electrons. The molecule has 2 saturated heterocycles. The summed E-state index contributed by atoms with van der Waals surface area (Å²) in [5.41, 5.74) is -2.56. The SMILES string of the molecule is CC1(C)CC[C@@H]2OC(=O)[C@]34C(=O)C(=O)[C@H](CC[C@H]3[C@]23COC(=O)[C@H]13)[C@H]4OC(=O)/C=C/c1ccccc1. The van der Waals surface area contributed by atoms with Gasteiger partial charge in [-0.15, -0.1) is 0 Å². The van der Waals surface area contributed by atoms with Crippen LogP contribution in [0.2, 0.25) is 0 Å². The third-order valence-electron chi connectivity index (χ3n) is 9.43. The van der Waals surface area contributed by atoms with Gasteiger partial charge in [-0.1, -0.05) is 44.2 Å². The number of fused-ring (bicyclic) bond motifs is 1. The van der Waals surface area contributed by atoms with Gasteiger partial charge in [-0.05, 0) is 48.7 Å². The van der Waals surface area contributed by atoms with Crippen LogP contribution in [0.25, 0.3) is 6.08 Å². The van der Waals surface area contributed by atoms with Crippen molar-refractivity contribution in [2.45, 2.75) is 51.7 Å². The van der Waals surface area contributed by atoms with E-state index in [1.165, 1.54) is 6.08 Å². The second-order valence-electron chi connectivity index (χ2n) is 11.5. The fourth-order valence-electron chi connectivity index (χ4n) is 8.03. The number of hydrogen-bond acceptors (Lipinski definition) is 8. The molecule has 0 aromatic heterocycles. The Morgan fingerprint density at radius 3 is 2.56 bits per heavy atom. The predicted octanol–water partition coefficient (Wildman–Crippen LogP) is 2.68. The molecule has 36 heavy (non-hydrogen) atoms. The van der Waals surface area contributed by atoms with E-state index in [9.17, 15) is 24.0 Å². The summed E-state index contributed by atoms with van der Waals surface area (Å²) in [6, 6.07) is 9.14. The molecule has 3 saturated carbocycles. The third kappa shape index (κ3) is 2.78. The molecule has 8 heteroatoms. The zero-order valence-electron chi connectivity index (χ0n) is 20.2. The minimum absolute atomic E-state index is 0.0189. The first-order chi connectivity index (χ1) is 17.1. The maximum atomic E-state index is 13.7. The largest absolute Gasteiger partial charge is 0.465 e. The quantitative estimate of drug-likeness (QED) is 0.208. The highest BCUT2D eigenvalue weighted by Crippen LogP contribution is 2.70. The molecule has 0 unspecified atom stereocenters. The lowest BCUT2D eigenvalue weighted by molar-refractivity contribution is -0.246.